The van der Waals surface area contributed by atoms with Gasteiger partial charge in [-0.05, 0) is 56.0 Å². The zero-order valence-electron chi connectivity index (χ0n) is 18.4. The molecule has 2 aliphatic heterocycles. The first-order valence-electron chi connectivity index (χ1n) is 11.2. The van der Waals surface area contributed by atoms with Crippen molar-refractivity contribution in [2.75, 3.05) is 50.7 Å². The number of benzene rings is 1. The van der Waals surface area contributed by atoms with Crippen LogP contribution in [0.5, 0.6) is 0 Å². The monoisotopic (exact) mass is 471 g/mol. The number of piperidine rings is 1. The lowest BCUT2D eigenvalue weighted by atomic mass is 9.95. The van der Waals surface area contributed by atoms with Gasteiger partial charge in [0.15, 0.2) is 0 Å². The molecule has 170 valence electrons. The molecule has 2 saturated heterocycles. The standard InChI is InChI=1S/C23H29N5O2S2/c1-18-25-22-3-2-21(16-23(22)31-18)32(29,30)28-14-12-26(13-15-28)17-19-6-10-27(11-7-19)20-4-8-24-9-5-20/h2-5,8-9,16,19H,6-7,10-15,17H2,1H3. The third-order valence-electron chi connectivity index (χ3n) is 6.59. The first kappa shape index (κ1) is 21.8. The predicted molar refractivity (Wildman–Crippen MR) is 129 cm³/mol. The third-order valence-corrected chi connectivity index (χ3v) is 9.42. The van der Waals surface area contributed by atoms with Gasteiger partial charge in [-0.2, -0.15) is 4.31 Å². The van der Waals surface area contributed by atoms with E-state index >= 15 is 0 Å². The van der Waals surface area contributed by atoms with Gasteiger partial charge in [-0.3, -0.25) is 4.98 Å². The topological polar surface area (TPSA) is 69.6 Å². The van der Waals surface area contributed by atoms with Gasteiger partial charge in [-0.25, -0.2) is 13.4 Å². The summed E-state index contributed by atoms with van der Waals surface area (Å²) in [5, 5.41) is 0.953. The fourth-order valence-electron chi connectivity index (χ4n) is 4.78. The number of fused-ring (bicyclic) bond motifs is 1. The smallest absolute Gasteiger partial charge is 0.243 e. The number of hydrogen-bond donors (Lipinski definition) is 0. The number of nitrogens with zero attached hydrogens (tertiary/aromatic N) is 5. The van der Waals surface area contributed by atoms with E-state index in [1.807, 2.05) is 25.4 Å². The van der Waals surface area contributed by atoms with Crippen LogP contribution < -0.4 is 4.90 Å². The highest BCUT2D eigenvalue weighted by atomic mass is 32.2. The molecule has 0 unspecified atom stereocenters. The van der Waals surface area contributed by atoms with Gasteiger partial charge < -0.3 is 9.80 Å². The summed E-state index contributed by atoms with van der Waals surface area (Å²) in [5.74, 6) is 0.674. The number of pyridine rings is 1. The van der Waals surface area contributed by atoms with Gasteiger partial charge >= 0.3 is 0 Å². The molecule has 2 fully saturated rings. The molecule has 3 aromatic rings. The summed E-state index contributed by atoms with van der Waals surface area (Å²) in [6, 6.07) is 9.44. The molecule has 32 heavy (non-hydrogen) atoms. The van der Waals surface area contributed by atoms with Crippen LogP contribution in [0.3, 0.4) is 0 Å². The van der Waals surface area contributed by atoms with Crippen molar-refractivity contribution in [3.8, 4) is 0 Å². The Kier molecular flexibility index (Phi) is 6.16. The largest absolute Gasteiger partial charge is 0.371 e. The highest BCUT2D eigenvalue weighted by molar-refractivity contribution is 7.89. The molecule has 0 N–H and O–H groups in total. The first-order valence-corrected chi connectivity index (χ1v) is 13.5. The predicted octanol–water partition coefficient (Wildman–Crippen LogP) is 3.22. The summed E-state index contributed by atoms with van der Waals surface area (Å²) in [6.45, 7) is 7.85. The van der Waals surface area contributed by atoms with Gasteiger partial charge in [0.2, 0.25) is 10.0 Å². The van der Waals surface area contributed by atoms with E-state index in [4.69, 9.17) is 0 Å². The van der Waals surface area contributed by atoms with E-state index in [9.17, 15) is 8.42 Å². The van der Waals surface area contributed by atoms with Crippen molar-refractivity contribution in [3.63, 3.8) is 0 Å². The van der Waals surface area contributed by atoms with Crippen LogP contribution in [0.4, 0.5) is 5.69 Å². The van der Waals surface area contributed by atoms with Crippen LogP contribution in [-0.4, -0.2) is 73.4 Å². The number of thiazole rings is 1. The molecule has 0 bridgehead atoms. The molecule has 0 saturated carbocycles. The number of aromatic nitrogens is 2. The fourth-order valence-corrected chi connectivity index (χ4v) is 7.17. The highest BCUT2D eigenvalue weighted by Crippen LogP contribution is 2.27. The highest BCUT2D eigenvalue weighted by Gasteiger charge is 2.30. The lowest BCUT2D eigenvalue weighted by molar-refractivity contribution is 0.155. The van der Waals surface area contributed by atoms with Crippen molar-refractivity contribution >= 4 is 37.3 Å². The fraction of sp³-hybridized carbons (Fsp3) is 0.478. The van der Waals surface area contributed by atoms with Gasteiger partial charge in [0, 0.05) is 63.9 Å². The third kappa shape index (κ3) is 4.52. The lowest BCUT2D eigenvalue weighted by Crippen LogP contribution is -2.50. The molecule has 0 amide bonds. The van der Waals surface area contributed by atoms with Gasteiger partial charge in [-0.15, -0.1) is 11.3 Å². The molecule has 0 radical (unpaired) electrons. The van der Waals surface area contributed by atoms with Crippen molar-refractivity contribution in [1.82, 2.24) is 19.2 Å². The maximum atomic E-state index is 13.2. The van der Waals surface area contributed by atoms with E-state index in [-0.39, 0.29) is 0 Å². The zero-order valence-corrected chi connectivity index (χ0v) is 20.0. The maximum Gasteiger partial charge on any atom is 0.243 e. The molecule has 9 heteroatoms. The average molecular weight is 472 g/mol. The summed E-state index contributed by atoms with van der Waals surface area (Å²) >= 11 is 1.54. The van der Waals surface area contributed by atoms with Crippen molar-refractivity contribution in [1.29, 1.82) is 0 Å². The number of rotatable bonds is 5. The number of anilines is 1. The quantitative estimate of drug-likeness (QED) is 0.569. The van der Waals surface area contributed by atoms with Crippen molar-refractivity contribution in [3.05, 3.63) is 47.7 Å². The molecule has 1 aromatic carbocycles. The van der Waals surface area contributed by atoms with Crippen molar-refractivity contribution in [2.24, 2.45) is 5.92 Å². The van der Waals surface area contributed by atoms with Crippen LogP contribution in [0.2, 0.25) is 0 Å². The number of piperazine rings is 1. The molecule has 0 atom stereocenters. The Hall–Kier alpha value is -2.07. The van der Waals surface area contributed by atoms with E-state index in [2.05, 4.69) is 31.9 Å². The maximum absolute atomic E-state index is 13.2. The van der Waals surface area contributed by atoms with Crippen LogP contribution >= 0.6 is 11.3 Å². The molecular formula is C23H29N5O2S2. The molecular weight excluding hydrogens is 442 g/mol. The number of hydrogen-bond acceptors (Lipinski definition) is 7. The Morgan fingerprint density at radius 3 is 2.44 bits per heavy atom. The van der Waals surface area contributed by atoms with E-state index in [0.717, 1.165) is 47.9 Å². The Bertz CT molecular complexity index is 1170. The first-order chi connectivity index (χ1) is 15.5. The van der Waals surface area contributed by atoms with Crippen molar-refractivity contribution < 1.29 is 8.42 Å². The van der Waals surface area contributed by atoms with Crippen LogP contribution in [0.15, 0.2) is 47.6 Å². The summed E-state index contributed by atoms with van der Waals surface area (Å²) in [4.78, 5) is 13.8. The Labute approximate surface area is 193 Å². The van der Waals surface area contributed by atoms with Crippen LogP contribution in [0.1, 0.15) is 17.8 Å². The van der Waals surface area contributed by atoms with Gasteiger partial charge in [0.05, 0.1) is 20.1 Å². The average Bonchev–Trinajstić information content (AvgIpc) is 3.20. The van der Waals surface area contributed by atoms with Gasteiger partial charge in [0.25, 0.3) is 0 Å². The normalized spacial score (nSPS) is 19.6. The van der Waals surface area contributed by atoms with E-state index in [0.29, 0.717) is 23.9 Å². The minimum absolute atomic E-state index is 0.380. The minimum atomic E-state index is -3.46. The molecule has 0 spiro atoms. The summed E-state index contributed by atoms with van der Waals surface area (Å²) in [7, 11) is -3.46. The Morgan fingerprint density at radius 1 is 1.00 bits per heavy atom. The zero-order chi connectivity index (χ0) is 22.1. The van der Waals surface area contributed by atoms with Gasteiger partial charge in [0.1, 0.15) is 0 Å². The second-order valence-corrected chi connectivity index (χ2v) is 11.9. The molecule has 5 rings (SSSR count). The SMILES string of the molecule is Cc1nc2ccc(S(=O)(=O)N3CCN(CC4CCN(c5ccncc5)CC4)CC3)cc2s1. The van der Waals surface area contributed by atoms with Crippen LogP contribution in [-0.2, 0) is 10.0 Å². The molecule has 2 aromatic heterocycles. The second-order valence-electron chi connectivity index (χ2n) is 8.70. The summed E-state index contributed by atoms with van der Waals surface area (Å²) in [5.41, 5.74) is 2.12. The molecule has 7 nitrogen and oxygen atoms in total. The Morgan fingerprint density at radius 2 is 1.72 bits per heavy atom. The van der Waals surface area contributed by atoms with Gasteiger partial charge in [-0.1, -0.05) is 0 Å². The van der Waals surface area contributed by atoms with E-state index in [1.165, 1.54) is 29.9 Å². The second kappa shape index (κ2) is 9.05. The Balaban J connectivity index is 1.14. The molecule has 2 aliphatic rings. The molecule has 4 heterocycles. The molecule has 0 aliphatic carbocycles. The number of aryl methyl sites for hydroxylation is 1. The number of sulfonamides is 1. The minimum Gasteiger partial charge on any atom is -0.371 e. The summed E-state index contributed by atoms with van der Waals surface area (Å²) < 4.78 is 28.9. The van der Waals surface area contributed by atoms with E-state index < -0.39 is 10.0 Å². The van der Waals surface area contributed by atoms with Crippen molar-refractivity contribution in [2.45, 2.75) is 24.7 Å². The van der Waals surface area contributed by atoms with E-state index in [1.54, 1.807) is 16.4 Å². The lowest BCUT2D eigenvalue weighted by Gasteiger charge is -2.39. The van der Waals surface area contributed by atoms with Crippen LogP contribution in [0.25, 0.3) is 10.2 Å². The van der Waals surface area contributed by atoms with Crippen LogP contribution in [0, 0.1) is 12.8 Å². The summed E-state index contributed by atoms with van der Waals surface area (Å²) in [6.07, 6.45) is 6.06.